The van der Waals surface area contributed by atoms with Crippen molar-refractivity contribution in [2.45, 2.75) is 6.42 Å². The van der Waals surface area contributed by atoms with Gasteiger partial charge in [-0.1, -0.05) is 18.2 Å². The molecule has 2 aromatic rings. The number of carbonyl (C=O) groups is 2. The van der Waals surface area contributed by atoms with Crippen LogP contribution in [0.3, 0.4) is 0 Å². The lowest BCUT2D eigenvalue weighted by Gasteiger charge is -2.09. The molecular weight excluding hydrogens is 318 g/mol. The summed E-state index contributed by atoms with van der Waals surface area (Å²) in [6.45, 7) is 0.177. The Balaban J connectivity index is 1.76. The van der Waals surface area contributed by atoms with Crippen molar-refractivity contribution in [2.75, 3.05) is 13.1 Å². The standard InChI is InChI=1S/C17H16F2N2O3/c18-12-4-1-3-11(9-12)10-15(23)20-7-8-21-17(24)16-13(19)5-2-6-14(16)22/h1-6,9,22H,7-8,10H2,(H,20,23)(H,21,24). The molecule has 0 saturated carbocycles. The van der Waals surface area contributed by atoms with Crippen molar-refractivity contribution in [1.82, 2.24) is 10.6 Å². The molecule has 2 aromatic carbocycles. The maximum atomic E-state index is 13.5. The van der Waals surface area contributed by atoms with Gasteiger partial charge in [-0.05, 0) is 29.8 Å². The van der Waals surface area contributed by atoms with Gasteiger partial charge in [-0.15, -0.1) is 0 Å². The van der Waals surface area contributed by atoms with E-state index >= 15 is 0 Å². The van der Waals surface area contributed by atoms with Gasteiger partial charge in [-0.2, -0.15) is 0 Å². The summed E-state index contributed by atoms with van der Waals surface area (Å²) in [6, 6.07) is 9.25. The van der Waals surface area contributed by atoms with E-state index in [0.29, 0.717) is 5.56 Å². The predicted molar refractivity (Wildman–Crippen MR) is 83.5 cm³/mol. The Hall–Kier alpha value is -2.96. The van der Waals surface area contributed by atoms with E-state index in [1.807, 2.05) is 0 Å². The van der Waals surface area contributed by atoms with E-state index in [4.69, 9.17) is 0 Å². The van der Waals surface area contributed by atoms with E-state index in [0.717, 1.165) is 6.07 Å². The van der Waals surface area contributed by atoms with Gasteiger partial charge in [0.1, 0.15) is 22.9 Å². The molecule has 0 aliphatic heterocycles. The number of rotatable bonds is 6. The Morgan fingerprint density at radius 2 is 1.71 bits per heavy atom. The molecule has 2 rings (SSSR count). The van der Waals surface area contributed by atoms with Crippen LogP contribution < -0.4 is 10.6 Å². The molecule has 0 bridgehead atoms. The molecule has 0 unspecified atom stereocenters. The van der Waals surface area contributed by atoms with E-state index in [1.165, 1.54) is 30.3 Å². The zero-order valence-corrected chi connectivity index (χ0v) is 12.7. The van der Waals surface area contributed by atoms with E-state index in [2.05, 4.69) is 10.6 Å². The molecule has 0 atom stereocenters. The van der Waals surface area contributed by atoms with Gasteiger partial charge in [-0.25, -0.2) is 8.78 Å². The molecular formula is C17H16F2N2O3. The Morgan fingerprint density at radius 1 is 1.00 bits per heavy atom. The predicted octanol–water partition coefficient (Wildman–Crippen LogP) is 1.76. The third kappa shape index (κ3) is 4.77. The molecule has 0 fully saturated rings. The van der Waals surface area contributed by atoms with Gasteiger partial charge >= 0.3 is 0 Å². The Bertz CT molecular complexity index is 730. The summed E-state index contributed by atoms with van der Waals surface area (Å²) in [4.78, 5) is 23.5. The van der Waals surface area contributed by atoms with Crippen molar-refractivity contribution in [2.24, 2.45) is 0 Å². The lowest BCUT2D eigenvalue weighted by molar-refractivity contribution is -0.120. The highest BCUT2D eigenvalue weighted by atomic mass is 19.1. The number of hydrogen-bond acceptors (Lipinski definition) is 3. The smallest absolute Gasteiger partial charge is 0.258 e. The maximum absolute atomic E-state index is 13.5. The fraction of sp³-hybridized carbons (Fsp3) is 0.176. The average molecular weight is 334 g/mol. The van der Waals surface area contributed by atoms with E-state index in [-0.39, 0.29) is 25.4 Å². The van der Waals surface area contributed by atoms with Crippen molar-refractivity contribution in [3.8, 4) is 5.75 Å². The van der Waals surface area contributed by atoms with Crippen LogP contribution in [0.15, 0.2) is 42.5 Å². The van der Waals surface area contributed by atoms with Crippen molar-refractivity contribution in [3.63, 3.8) is 0 Å². The lowest BCUT2D eigenvalue weighted by Crippen LogP contribution is -2.35. The minimum absolute atomic E-state index is 0.0137. The normalized spacial score (nSPS) is 10.2. The molecule has 3 N–H and O–H groups in total. The molecule has 2 amide bonds. The largest absolute Gasteiger partial charge is 0.507 e. The average Bonchev–Trinajstić information content (AvgIpc) is 2.51. The molecule has 0 saturated heterocycles. The first-order valence-electron chi connectivity index (χ1n) is 7.24. The summed E-state index contributed by atoms with van der Waals surface area (Å²) in [5.74, 6) is -2.81. The second kappa shape index (κ2) is 8.05. The molecule has 0 aromatic heterocycles. The number of halogens is 2. The number of hydrogen-bond donors (Lipinski definition) is 3. The number of aromatic hydroxyl groups is 1. The first kappa shape index (κ1) is 17.4. The van der Waals surface area contributed by atoms with Crippen LogP contribution >= 0.6 is 0 Å². The first-order chi connectivity index (χ1) is 11.5. The minimum atomic E-state index is -0.831. The lowest BCUT2D eigenvalue weighted by atomic mass is 10.1. The van der Waals surface area contributed by atoms with Crippen molar-refractivity contribution >= 4 is 11.8 Å². The van der Waals surface area contributed by atoms with Gasteiger partial charge in [0.15, 0.2) is 0 Å². The Morgan fingerprint density at radius 3 is 2.42 bits per heavy atom. The summed E-state index contributed by atoms with van der Waals surface area (Å²) < 4.78 is 26.5. The minimum Gasteiger partial charge on any atom is -0.507 e. The van der Waals surface area contributed by atoms with Crippen LogP contribution in [0.25, 0.3) is 0 Å². The zero-order chi connectivity index (χ0) is 17.5. The van der Waals surface area contributed by atoms with Gasteiger partial charge < -0.3 is 15.7 Å². The van der Waals surface area contributed by atoms with Crippen molar-refractivity contribution < 1.29 is 23.5 Å². The topological polar surface area (TPSA) is 78.4 Å². The number of carbonyl (C=O) groups excluding carboxylic acids is 2. The summed E-state index contributed by atoms with van der Waals surface area (Å²) >= 11 is 0. The number of amides is 2. The van der Waals surface area contributed by atoms with Crippen LogP contribution in [0, 0.1) is 11.6 Å². The summed E-state index contributed by atoms with van der Waals surface area (Å²) in [5, 5.41) is 14.4. The molecule has 0 heterocycles. The number of benzene rings is 2. The van der Waals surface area contributed by atoms with E-state index < -0.39 is 28.9 Å². The molecule has 7 heteroatoms. The van der Waals surface area contributed by atoms with E-state index in [9.17, 15) is 23.5 Å². The molecule has 0 aliphatic carbocycles. The summed E-state index contributed by atoms with van der Waals surface area (Å²) in [5.41, 5.74) is 0.0939. The SMILES string of the molecule is O=C(Cc1cccc(F)c1)NCCNC(=O)c1c(O)cccc1F. The van der Waals surface area contributed by atoms with Crippen LogP contribution in [0.4, 0.5) is 8.78 Å². The molecule has 0 aliphatic rings. The van der Waals surface area contributed by atoms with Crippen LogP contribution in [-0.4, -0.2) is 30.0 Å². The number of phenolic OH excluding ortho intramolecular Hbond substituents is 1. The van der Waals surface area contributed by atoms with Crippen LogP contribution in [0.2, 0.25) is 0 Å². The highest BCUT2D eigenvalue weighted by Gasteiger charge is 2.15. The molecule has 5 nitrogen and oxygen atoms in total. The fourth-order valence-corrected chi connectivity index (χ4v) is 2.10. The monoisotopic (exact) mass is 334 g/mol. The van der Waals surface area contributed by atoms with E-state index in [1.54, 1.807) is 6.07 Å². The third-order valence-corrected chi connectivity index (χ3v) is 3.21. The Kier molecular flexibility index (Phi) is 5.83. The molecule has 24 heavy (non-hydrogen) atoms. The van der Waals surface area contributed by atoms with Crippen molar-refractivity contribution in [3.05, 3.63) is 65.2 Å². The van der Waals surface area contributed by atoms with Gasteiger partial charge in [0.05, 0.1) is 6.42 Å². The van der Waals surface area contributed by atoms with Gasteiger partial charge in [-0.3, -0.25) is 9.59 Å². The number of phenols is 1. The maximum Gasteiger partial charge on any atom is 0.258 e. The fourth-order valence-electron chi connectivity index (χ4n) is 2.10. The second-order valence-corrected chi connectivity index (χ2v) is 5.05. The highest BCUT2D eigenvalue weighted by Crippen LogP contribution is 2.19. The molecule has 126 valence electrons. The van der Waals surface area contributed by atoms with Gasteiger partial charge in [0.2, 0.25) is 5.91 Å². The van der Waals surface area contributed by atoms with Crippen LogP contribution in [0.5, 0.6) is 5.75 Å². The molecule has 0 spiro atoms. The van der Waals surface area contributed by atoms with Crippen molar-refractivity contribution in [1.29, 1.82) is 0 Å². The van der Waals surface area contributed by atoms with Crippen LogP contribution in [-0.2, 0) is 11.2 Å². The first-order valence-corrected chi connectivity index (χ1v) is 7.24. The highest BCUT2D eigenvalue weighted by molar-refractivity contribution is 5.97. The molecule has 0 radical (unpaired) electrons. The summed E-state index contributed by atoms with van der Waals surface area (Å²) in [6.07, 6.45) is 0.0137. The zero-order valence-electron chi connectivity index (χ0n) is 12.7. The van der Waals surface area contributed by atoms with Crippen LogP contribution in [0.1, 0.15) is 15.9 Å². The quantitative estimate of drug-likeness (QED) is 0.705. The summed E-state index contributed by atoms with van der Waals surface area (Å²) in [7, 11) is 0. The van der Waals surface area contributed by atoms with Gasteiger partial charge in [0.25, 0.3) is 5.91 Å². The third-order valence-electron chi connectivity index (χ3n) is 3.21. The van der Waals surface area contributed by atoms with Gasteiger partial charge in [0, 0.05) is 13.1 Å². The Labute approximate surface area is 137 Å². The second-order valence-electron chi connectivity index (χ2n) is 5.05. The number of nitrogens with one attached hydrogen (secondary N) is 2.